The quantitative estimate of drug-likeness (QED) is 0.395. The van der Waals surface area contributed by atoms with Gasteiger partial charge in [-0.05, 0) is 49.2 Å². The Balaban J connectivity index is 2.02. The molecule has 3 rings (SSSR count). The molecule has 1 aromatic carbocycles. The highest BCUT2D eigenvalue weighted by Gasteiger charge is 2.48. The van der Waals surface area contributed by atoms with E-state index in [4.69, 9.17) is 13.3 Å². The molecule has 0 aliphatic rings. The molecule has 0 N–H and O–H groups in total. The van der Waals surface area contributed by atoms with E-state index >= 15 is 0 Å². The maximum atomic E-state index is 5.64. The Hall–Kier alpha value is -0.0531. The molecular weight excluding hydrogens is 423 g/mol. The van der Waals surface area contributed by atoms with Crippen molar-refractivity contribution >= 4 is 80.6 Å². The zero-order chi connectivity index (χ0) is 17.2. The van der Waals surface area contributed by atoms with Crippen LogP contribution in [-0.4, -0.2) is 49.4 Å². The van der Waals surface area contributed by atoms with Crippen LogP contribution in [0.25, 0.3) is 20.4 Å². The van der Waals surface area contributed by atoms with E-state index in [0.717, 1.165) is 17.5 Å². The molecule has 2 aromatic heterocycles. The molecule has 24 heavy (non-hydrogen) atoms. The summed E-state index contributed by atoms with van der Waals surface area (Å²) in [6.45, 7) is 2.10. The minimum absolute atomic E-state index is 0.0328. The van der Waals surface area contributed by atoms with Crippen LogP contribution in [0.2, 0.25) is 0 Å². The average Bonchev–Trinajstić information content (AvgIpc) is 3.06. The molecule has 0 fully saturated rings. The Morgan fingerprint density at radius 3 is 2.54 bits per heavy atom. The summed E-state index contributed by atoms with van der Waals surface area (Å²) in [4.78, 5) is 0.0328. The first-order valence-electron chi connectivity index (χ1n) is 7.08. The summed E-state index contributed by atoms with van der Waals surface area (Å²) < 4.78 is 21.2. The van der Waals surface area contributed by atoms with Gasteiger partial charge in [-0.15, -0.1) is 5.10 Å². The van der Waals surface area contributed by atoms with Gasteiger partial charge in [-0.3, -0.25) is 0 Å². The second-order valence-electron chi connectivity index (χ2n) is 4.74. The van der Waals surface area contributed by atoms with Crippen molar-refractivity contribution in [3.8, 4) is 0 Å². The molecule has 0 saturated heterocycles. The molecule has 0 aliphatic carbocycles. The number of rotatable bonds is 7. The van der Waals surface area contributed by atoms with Gasteiger partial charge < -0.3 is 13.3 Å². The summed E-state index contributed by atoms with van der Waals surface area (Å²) >= 11 is 1.56. The van der Waals surface area contributed by atoms with Crippen molar-refractivity contribution in [1.29, 1.82) is 0 Å². The minimum atomic E-state index is -2.76. The van der Waals surface area contributed by atoms with E-state index in [-0.39, 0.29) is 4.87 Å². The molecule has 1 atom stereocenters. The normalized spacial score (nSPS) is 13.7. The fraction of sp³-hybridized carbons (Fsp3) is 0.500. The zero-order valence-electron chi connectivity index (χ0n) is 13.5. The molecule has 12 heteroatoms. The first kappa shape index (κ1) is 18.7. The molecule has 3 aromatic rings. The largest absolute Gasteiger partial charge is 0.515 e. The molecule has 0 bridgehead atoms. The molecule has 132 valence electrons. The van der Waals surface area contributed by atoms with Gasteiger partial charge in [0, 0.05) is 21.3 Å². The van der Waals surface area contributed by atoms with Crippen LogP contribution in [0, 0.1) is 0 Å². The van der Waals surface area contributed by atoms with Gasteiger partial charge in [0.2, 0.25) is 0 Å². The maximum absolute atomic E-state index is 5.64. The standard InChI is InChI=1S/C12H17N3O3S5Si/c1-5-10(24(16-2,17-3)18-4)19-15-8-6-7-9-12(11(8)13-14-15)21-23-22-20-9/h6-7,10H,5H2,1-4H3. The molecule has 0 aliphatic heterocycles. The van der Waals surface area contributed by atoms with Crippen LogP contribution in [0.4, 0.5) is 0 Å². The van der Waals surface area contributed by atoms with Gasteiger partial charge in [0.05, 0.1) is 14.3 Å². The molecule has 0 saturated carbocycles. The lowest BCUT2D eigenvalue weighted by Crippen LogP contribution is -2.53. The van der Waals surface area contributed by atoms with Crippen molar-refractivity contribution in [2.75, 3.05) is 21.3 Å². The predicted octanol–water partition coefficient (Wildman–Crippen LogP) is 4.65. The Morgan fingerprint density at radius 1 is 1.17 bits per heavy atom. The van der Waals surface area contributed by atoms with Gasteiger partial charge in [-0.1, -0.05) is 32.8 Å². The maximum Gasteiger partial charge on any atom is 0.515 e. The van der Waals surface area contributed by atoms with E-state index < -0.39 is 8.80 Å². The lowest BCUT2D eigenvalue weighted by molar-refractivity contribution is 0.121. The number of hydrogen-bond acceptors (Lipinski definition) is 10. The van der Waals surface area contributed by atoms with Gasteiger partial charge >= 0.3 is 8.80 Å². The van der Waals surface area contributed by atoms with Crippen molar-refractivity contribution in [1.82, 2.24) is 14.4 Å². The van der Waals surface area contributed by atoms with Gasteiger partial charge in [0.15, 0.2) is 0 Å². The summed E-state index contributed by atoms with van der Waals surface area (Å²) in [5.41, 5.74) is 1.95. The molecule has 0 amide bonds. The number of fused-ring (bicyclic) bond motifs is 3. The van der Waals surface area contributed by atoms with Crippen LogP contribution in [0.1, 0.15) is 13.3 Å². The molecule has 1 unspecified atom stereocenters. The zero-order valence-corrected chi connectivity index (χ0v) is 18.6. The van der Waals surface area contributed by atoms with Gasteiger partial charge in [-0.2, -0.15) is 4.09 Å². The Bertz CT molecular complexity index is 839. The van der Waals surface area contributed by atoms with Crippen LogP contribution in [-0.2, 0) is 13.3 Å². The van der Waals surface area contributed by atoms with E-state index in [0.29, 0.717) is 0 Å². The average molecular weight is 440 g/mol. The number of benzene rings is 1. The Kier molecular flexibility index (Phi) is 6.32. The topological polar surface area (TPSA) is 58.4 Å². The van der Waals surface area contributed by atoms with Crippen LogP contribution in [0.15, 0.2) is 12.1 Å². The third-order valence-electron chi connectivity index (χ3n) is 3.62. The highest BCUT2D eigenvalue weighted by atomic mass is 33.4. The van der Waals surface area contributed by atoms with E-state index in [1.807, 2.05) is 4.09 Å². The van der Waals surface area contributed by atoms with Crippen LogP contribution in [0.3, 0.4) is 0 Å². The second-order valence-corrected chi connectivity index (χ2v) is 15.1. The minimum Gasteiger partial charge on any atom is -0.376 e. The molecule has 0 spiro atoms. The first-order chi connectivity index (χ1) is 11.7. The monoisotopic (exact) mass is 439 g/mol. The van der Waals surface area contributed by atoms with Crippen molar-refractivity contribution in [3.63, 3.8) is 0 Å². The van der Waals surface area contributed by atoms with Crippen LogP contribution < -0.4 is 0 Å². The fourth-order valence-corrected chi connectivity index (χ4v) is 12.8. The SMILES string of the molecule is CCC(Sn1nnc2c3ssssc3ccc21)[Si](OC)(OC)OC. The summed E-state index contributed by atoms with van der Waals surface area (Å²) in [5.74, 6) is 0. The van der Waals surface area contributed by atoms with Crippen molar-refractivity contribution in [3.05, 3.63) is 12.1 Å². The summed E-state index contributed by atoms with van der Waals surface area (Å²) in [6.07, 6.45) is 0.843. The van der Waals surface area contributed by atoms with Crippen LogP contribution >= 0.6 is 51.3 Å². The van der Waals surface area contributed by atoms with Crippen molar-refractivity contribution < 1.29 is 13.3 Å². The van der Waals surface area contributed by atoms with E-state index in [2.05, 4.69) is 29.4 Å². The lowest BCUT2D eigenvalue weighted by Gasteiger charge is -2.30. The first-order valence-corrected chi connectivity index (χ1v) is 14.5. The molecule has 2 heterocycles. The molecule has 0 radical (unpaired) electrons. The predicted molar refractivity (Wildman–Crippen MR) is 108 cm³/mol. The van der Waals surface area contributed by atoms with Crippen LogP contribution in [0.5, 0.6) is 0 Å². The Labute approximate surface area is 159 Å². The number of nitrogens with zero attached hydrogens (tertiary/aromatic N) is 3. The summed E-state index contributed by atoms with van der Waals surface area (Å²) in [6, 6.07) is 4.21. The highest BCUT2D eigenvalue weighted by Crippen LogP contribution is 2.36. The third kappa shape index (κ3) is 3.31. The van der Waals surface area contributed by atoms with E-state index in [9.17, 15) is 0 Å². The lowest BCUT2D eigenvalue weighted by atomic mass is 10.3. The number of aromatic nitrogens is 3. The van der Waals surface area contributed by atoms with E-state index in [1.165, 1.54) is 9.40 Å². The van der Waals surface area contributed by atoms with Gasteiger partial charge in [0.1, 0.15) is 11.0 Å². The summed E-state index contributed by atoms with van der Waals surface area (Å²) in [7, 11) is 9.20. The van der Waals surface area contributed by atoms with Gasteiger partial charge in [-0.25, -0.2) is 0 Å². The van der Waals surface area contributed by atoms with Gasteiger partial charge in [0.25, 0.3) is 0 Å². The smallest absolute Gasteiger partial charge is 0.376 e. The summed E-state index contributed by atoms with van der Waals surface area (Å²) in [5, 5.41) is 8.76. The highest BCUT2D eigenvalue weighted by molar-refractivity contribution is 8.09. The van der Waals surface area contributed by atoms with E-state index in [1.54, 1.807) is 72.6 Å². The molecule has 6 nitrogen and oxygen atoms in total. The second kappa shape index (κ2) is 8.10. The number of hydrogen-bond donors (Lipinski definition) is 0. The van der Waals surface area contributed by atoms with Crippen molar-refractivity contribution in [2.24, 2.45) is 0 Å². The third-order valence-corrected chi connectivity index (χ3v) is 15.0. The molecular formula is C12H17N3O3S5Si. The fourth-order valence-electron chi connectivity index (χ4n) is 2.40. The Morgan fingerprint density at radius 2 is 1.88 bits per heavy atom. The van der Waals surface area contributed by atoms with Crippen molar-refractivity contribution in [2.45, 2.75) is 18.2 Å².